The summed E-state index contributed by atoms with van der Waals surface area (Å²) < 4.78 is 39.1. The van der Waals surface area contributed by atoms with Gasteiger partial charge in [0.15, 0.2) is 17.3 Å². The van der Waals surface area contributed by atoms with Gasteiger partial charge in [0.25, 0.3) is 11.8 Å². The lowest BCUT2D eigenvalue weighted by atomic mass is 10.1. The molecule has 0 fully saturated rings. The monoisotopic (exact) mass is 475 g/mol. The fraction of sp³-hybridized carbons (Fsp3) is 0.238. The maximum Gasteiger partial charge on any atom is 0.274 e. The number of carbonyl (C=O) groups excluding carboxylic acids is 2. The highest BCUT2D eigenvalue weighted by molar-refractivity contribution is 7.92. The largest absolute Gasteiger partial charge is 0.504 e. The lowest BCUT2D eigenvalue weighted by Crippen LogP contribution is -2.32. The van der Waals surface area contributed by atoms with Gasteiger partial charge in [0, 0.05) is 37.3 Å². The van der Waals surface area contributed by atoms with Crippen LogP contribution in [-0.4, -0.2) is 55.2 Å². The van der Waals surface area contributed by atoms with Gasteiger partial charge in [-0.2, -0.15) is 0 Å². The number of sulfonamides is 1. The summed E-state index contributed by atoms with van der Waals surface area (Å²) in [6.45, 7) is 1.46. The Kier molecular flexibility index (Phi) is 6.77. The summed E-state index contributed by atoms with van der Waals surface area (Å²) in [5, 5.41) is 15.8. The number of nitrogens with zero attached hydrogens (tertiary/aromatic N) is 3. The molecule has 0 saturated carbocycles. The normalized spacial score (nSPS) is 11.3. The second-order valence-electron chi connectivity index (χ2n) is 7.02. The Labute approximate surface area is 189 Å². The van der Waals surface area contributed by atoms with Gasteiger partial charge in [0.2, 0.25) is 10.0 Å². The Morgan fingerprint density at radius 3 is 2.58 bits per heavy atom. The van der Waals surface area contributed by atoms with Crippen molar-refractivity contribution in [2.24, 2.45) is 0 Å². The Bertz CT molecular complexity index is 1350. The fourth-order valence-electron chi connectivity index (χ4n) is 3.30. The lowest BCUT2D eigenvalue weighted by molar-refractivity contribution is 0.0934. The molecule has 12 heteroatoms. The minimum absolute atomic E-state index is 0.00239. The zero-order chi connectivity index (χ0) is 24.3. The highest BCUT2D eigenvalue weighted by Crippen LogP contribution is 2.33. The van der Waals surface area contributed by atoms with Crippen molar-refractivity contribution in [3.05, 3.63) is 59.2 Å². The molecular formula is C21H22FN5O5S. The molecule has 0 bridgehead atoms. The molecule has 0 atom stereocenters. The van der Waals surface area contributed by atoms with E-state index in [-0.39, 0.29) is 35.4 Å². The number of halogens is 1. The average Bonchev–Trinajstić information content (AvgIpc) is 2.78. The van der Waals surface area contributed by atoms with Crippen LogP contribution in [0.3, 0.4) is 0 Å². The molecule has 0 spiro atoms. The smallest absolute Gasteiger partial charge is 0.274 e. The van der Waals surface area contributed by atoms with Crippen molar-refractivity contribution in [2.45, 2.75) is 13.5 Å². The van der Waals surface area contributed by atoms with Gasteiger partial charge in [0.1, 0.15) is 11.3 Å². The third-order valence-corrected chi connectivity index (χ3v) is 6.07. The van der Waals surface area contributed by atoms with Crippen molar-refractivity contribution in [3.8, 4) is 5.75 Å². The maximum atomic E-state index is 13.6. The lowest BCUT2D eigenvalue weighted by Gasteiger charge is -2.22. The van der Waals surface area contributed by atoms with E-state index in [1.165, 1.54) is 25.4 Å². The first kappa shape index (κ1) is 23.9. The number of carbonyl (C=O) groups is 2. The van der Waals surface area contributed by atoms with Gasteiger partial charge < -0.3 is 15.7 Å². The van der Waals surface area contributed by atoms with Gasteiger partial charge >= 0.3 is 0 Å². The molecule has 10 nitrogen and oxygen atoms in total. The van der Waals surface area contributed by atoms with Crippen LogP contribution in [0, 0.1) is 5.82 Å². The van der Waals surface area contributed by atoms with Crippen LogP contribution in [0.5, 0.6) is 5.75 Å². The third-order valence-electron chi connectivity index (χ3n) is 4.84. The summed E-state index contributed by atoms with van der Waals surface area (Å²) in [7, 11) is -2.35. The molecule has 0 saturated heterocycles. The quantitative estimate of drug-likeness (QED) is 0.471. The Morgan fingerprint density at radius 2 is 1.94 bits per heavy atom. The van der Waals surface area contributed by atoms with Crippen LogP contribution >= 0.6 is 0 Å². The molecular weight excluding hydrogens is 453 g/mol. The van der Waals surface area contributed by atoms with Crippen LogP contribution in [-0.2, 0) is 16.6 Å². The van der Waals surface area contributed by atoms with E-state index in [0.29, 0.717) is 5.56 Å². The van der Waals surface area contributed by atoms with E-state index in [1.807, 2.05) is 0 Å². The molecule has 0 aliphatic carbocycles. The van der Waals surface area contributed by atoms with E-state index in [4.69, 9.17) is 0 Å². The summed E-state index contributed by atoms with van der Waals surface area (Å²) in [4.78, 5) is 33.2. The van der Waals surface area contributed by atoms with E-state index in [0.717, 1.165) is 22.7 Å². The minimum atomic E-state index is -3.74. The molecule has 2 amide bonds. The molecule has 2 heterocycles. The standard InChI is InChI=1S/C21H22FN5O5S/c1-4-27(33(3,31)32)19-14-6-5-9-24-16(14)18(28)17(26-19)21(30)25-11-12-7-8-13(22)10-15(12)20(29)23-2/h5-10,28H,4,11H2,1-3H3,(H,23,29)(H,25,30). The van der Waals surface area contributed by atoms with Crippen LogP contribution in [0.4, 0.5) is 10.2 Å². The summed E-state index contributed by atoms with van der Waals surface area (Å²) in [6, 6.07) is 6.63. The molecule has 0 aliphatic rings. The topological polar surface area (TPSA) is 142 Å². The van der Waals surface area contributed by atoms with E-state index < -0.39 is 39.1 Å². The summed E-state index contributed by atoms with van der Waals surface area (Å²) in [5.74, 6) is -2.57. The van der Waals surface area contributed by atoms with Crippen molar-refractivity contribution >= 4 is 38.6 Å². The zero-order valence-electron chi connectivity index (χ0n) is 18.1. The molecule has 2 aromatic heterocycles. The summed E-state index contributed by atoms with van der Waals surface area (Å²) in [5.41, 5.74) is -0.0800. The summed E-state index contributed by atoms with van der Waals surface area (Å²) in [6.07, 6.45) is 2.39. The number of hydrogen-bond acceptors (Lipinski definition) is 7. The first-order valence-corrected chi connectivity index (χ1v) is 11.7. The molecule has 0 radical (unpaired) electrons. The van der Waals surface area contributed by atoms with Crippen LogP contribution in [0.15, 0.2) is 36.5 Å². The van der Waals surface area contributed by atoms with Crippen LogP contribution < -0.4 is 14.9 Å². The fourth-order valence-corrected chi connectivity index (χ4v) is 4.23. The van der Waals surface area contributed by atoms with E-state index >= 15 is 0 Å². The van der Waals surface area contributed by atoms with Crippen molar-refractivity contribution in [3.63, 3.8) is 0 Å². The average molecular weight is 476 g/mol. The van der Waals surface area contributed by atoms with Crippen molar-refractivity contribution in [1.82, 2.24) is 20.6 Å². The van der Waals surface area contributed by atoms with Crippen molar-refractivity contribution in [1.29, 1.82) is 0 Å². The molecule has 174 valence electrons. The van der Waals surface area contributed by atoms with Crippen LogP contribution in [0.25, 0.3) is 10.9 Å². The number of amides is 2. The maximum absolute atomic E-state index is 13.6. The Balaban J connectivity index is 2.04. The number of hydrogen-bond donors (Lipinski definition) is 3. The molecule has 1 aromatic carbocycles. The van der Waals surface area contributed by atoms with Gasteiger partial charge in [-0.3, -0.25) is 18.9 Å². The molecule has 33 heavy (non-hydrogen) atoms. The minimum Gasteiger partial charge on any atom is -0.504 e. The predicted molar refractivity (Wildman–Crippen MR) is 120 cm³/mol. The van der Waals surface area contributed by atoms with Gasteiger partial charge in [-0.15, -0.1) is 0 Å². The van der Waals surface area contributed by atoms with E-state index in [9.17, 15) is 27.5 Å². The van der Waals surface area contributed by atoms with Gasteiger partial charge in [-0.05, 0) is 36.8 Å². The first-order valence-electron chi connectivity index (χ1n) is 9.82. The molecule has 0 aliphatic heterocycles. The number of aromatic nitrogens is 2. The van der Waals surface area contributed by atoms with E-state index in [1.54, 1.807) is 13.0 Å². The van der Waals surface area contributed by atoms with Gasteiger partial charge in [-0.25, -0.2) is 17.8 Å². The number of anilines is 1. The molecule has 3 rings (SSSR count). The summed E-state index contributed by atoms with van der Waals surface area (Å²) >= 11 is 0. The predicted octanol–water partition coefficient (Wildman–Crippen LogP) is 1.55. The van der Waals surface area contributed by atoms with Crippen molar-refractivity contribution in [2.75, 3.05) is 24.2 Å². The number of aromatic hydroxyl groups is 1. The zero-order valence-corrected chi connectivity index (χ0v) is 18.9. The SMILES string of the molecule is CCN(c1nc(C(=O)NCc2ccc(F)cc2C(=O)NC)c(O)c2ncccc12)S(C)(=O)=O. The number of rotatable bonds is 7. The molecule has 0 unspecified atom stereocenters. The number of fused-ring (bicyclic) bond motifs is 1. The number of nitrogens with one attached hydrogen (secondary N) is 2. The highest BCUT2D eigenvalue weighted by atomic mass is 32.2. The van der Waals surface area contributed by atoms with Gasteiger partial charge in [0.05, 0.1) is 6.26 Å². The Morgan fingerprint density at radius 1 is 1.21 bits per heavy atom. The Hall–Kier alpha value is -3.80. The van der Waals surface area contributed by atoms with Gasteiger partial charge in [-0.1, -0.05) is 6.07 Å². The first-order chi connectivity index (χ1) is 15.6. The number of pyridine rings is 2. The second-order valence-corrected chi connectivity index (χ2v) is 8.93. The number of benzene rings is 1. The van der Waals surface area contributed by atoms with Crippen LogP contribution in [0.2, 0.25) is 0 Å². The van der Waals surface area contributed by atoms with Crippen molar-refractivity contribution < 1.29 is 27.5 Å². The highest BCUT2D eigenvalue weighted by Gasteiger charge is 2.26. The third kappa shape index (κ3) is 4.85. The second kappa shape index (κ2) is 9.36. The molecule has 3 N–H and O–H groups in total. The molecule has 3 aromatic rings. The van der Waals surface area contributed by atoms with E-state index in [2.05, 4.69) is 20.6 Å². The van der Waals surface area contributed by atoms with Crippen LogP contribution in [0.1, 0.15) is 33.3 Å².